The lowest BCUT2D eigenvalue weighted by atomic mass is 9.71. The van der Waals surface area contributed by atoms with Crippen molar-refractivity contribution in [3.05, 3.63) is 53.1 Å². The van der Waals surface area contributed by atoms with Crippen LogP contribution in [0.25, 0.3) is 0 Å². The molecule has 7 heteroatoms. The molecule has 2 amide bonds. The number of hydrogen-bond donors (Lipinski definition) is 1. The number of fused-ring (bicyclic) bond motifs is 3. The van der Waals surface area contributed by atoms with Crippen molar-refractivity contribution in [1.82, 2.24) is 4.90 Å². The Morgan fingerprint density at radius 1 is 1.09 bits per heavy atom. The zero-order chi connectivity index (χ0) is 22.3. The van der Waals surface area contributed by atoms with Gasteiger partial charge >= 0.3 is 0 Å². The molecule has 168 valence electrons. The smallest absolute Gasteiger partial charge is 0.261 e. The number of benzene rings is 2. The summed E-state index contributed by atoms with van der Waals surface area (Å²) in [5.41, 5.74) is 8.08. The van der Waals surface area contributed by atoms with Gasteiger partial charge in [-0.2, -0.15) is 0 Å². The zero-order valence-corrected chi connectivity index (χ0v) is 18.3. The average Bonchev–Trinajstić information content (AvgIpc) is 3.28. The zero-order valence-electron chi connectivity index (χ0n) is 18.3. The van der Waals surface area contributed by atoms with E-state index in [9.17, 15) is 9.59 Å². The molecule has 2 heterocycles. The van der Waals surface area contributed by atoms with E-state index in [1.165, 1.54) is 5.56 Å². The van der Waals surface area contributed by atoms with Crippen molar-refractivity contribution in [2.45, 2.75) is 44.1 Å². The van der Waals surface area contributed by atoms with E-state index in [0.717, 1.165) is 42.7 Å². The van der Waals surface area contributed by atoms with Crippen LogP contribution in [0.2, 0.25) is 0 Å². The van der Waals surface area contributed by atoms with Crippen molar-refractivity contribution in [2.75, 3.05) is 26.4 Å². The van der Waals surface area contributed by atoms with E-state index in [1.807, 2.05) is 4.90 Å². The summed E-state index contributed by atoms with van der Waals surface area (Å²) in [6.07, 6.45) is 4.44. The average molecular weight is 437 g/mol. The van der Waals surface area contributed by atoms with Crippen LogP contribution in [0.3, 0.4) is 0 Å². The lowest BCUT2D eigenvalue weighted by molar-refractivity contribution is -0.137. The molecule has 0 aromatic heterocycles. The molecule has 32 heavy (non-hydrogen) atoms. The third-order valence-corrected chi connectivity index (χ3v) is 7.06. The maximum Gasteiger partial charge on any atom is 0.261 e. The minimum Gasteiger partial charge on any atom is -0.486 e. The molecule has 2 N–H and O–H groups in total. The summed E-state index contributed by atoms with van der Waals surface area (Å²) >= 11 is 0. The van der Waals surface area contributed by atoms with Crippen molar-refractivity contribution < 1.29 is 23.8 Å². The summed E-state index contributed by atoms with van der Waals surface area (Å²) in [4.78, 5) is 26.5. The second-order valence-electron chi connectivity index (χ2n) is 8.95. The van der Waals surface area contributed by atoms with Gasteiger partial charge in [0.2, 0.25) is 5.91 Å². The number of hydrogen-bond acceptors (Lipinski definition) is 5. The summed E-state index contributed by atoms with van der Waals surface area (Å²) in [6.45, 7) is 3.79. The standard InChI is InChI=1S/C25H28N2O5/c1-16-19-12-21-22(31-11-10-30-21)13-20(19)25(8-2-3-9-25)15-27(16)23(28)14-32-18-6-4-17(5-7-18)24(26)29/h4-7,12-13,16H,2-3,8-11,14-15H2,1H3,(H2,26,29). The first-order valence-electron chi connectivity index (χ1n) is 11.2. The minimum absolute atomic E-state index is 0.0452. The molecule has 2 aliphatic heterocycles. The van der Waals surface area contributed by atoms with E-state index in [0.29, 0.717) is 31.1 Å². The fraction of sp³-hybridized carbons (Fsp3) is 0.440. The van der Waals surface area contributed by atoms with Gasteiger partial charge in [0.15, 0.2) is 18.1 Å². The molecule has 1 fully saturated rings. The van der Waals surface area contributed by atoms with Crippen LogP contribution >= 0.6 is 0 Å². The Labute approximate surface area is 187 Å². The van der Waals surface area contributed by atoms with E-state index in [4.69, 9.17) is 19.9 Å². The van der Waals surface area contributed by atoms with Crippen LogP contribution in [-0.4, -0.2) is 43.1 Å². The molecule has 1 saturated carbocycles. The molecule has 1 aliphatic carbocycles. The molecular formula is C25H28N2O5. The van der Waals surface area contributed by atoms with Gasteiger partial charge < -0.3 is 24.8 Å². The SMILES string of the molecule is CC1c2cc3c(cc2C2(CCCC2)CN1C(=O)COc1ccc(C(N)=O)cc1)OCCO3. The van der Waals surface area contributed by atoms with Gasteiger partial charge in [-0.3, -0.25) is 9.59 Å². The van der Waals surface area contributed by atoms with E-state index in [1.54, 1.807) is 24.3 Å². The number of carbonyl (C=O) groups excluding carboxylic acids is 2. The molecule has 0 saturated heterocycles. The number of primary amides is 1. The van der Waals surface area contributed by atoms with Crippen molar-refractivity contribution in [3.8, 4) is 17.2 Å². The highest BCUT2D eigenvalue weighted by atomic mass is 16.6. The molecule has 1 spiro atoms. The third kappa shape index (κ3) is 3.55. The number of nitrogens with zero attached hydrogens (tertiary/aromatic N) is 1. The number of carbonyl (C=O) groups is 2. The first kappa shape index (κ1) is 20.7. The van der Waals surface area contributed by atoms with Gasteiger partial charge in [-0.15, -0.1) is 0 Å². The lowest BCUT2D eigenvalue weighted by Crippen LogP contribution is -2.50. The van der Waals surface area contributed by atoms with Crippen LogP contribution in [-0.2, 0) is 10.2 Å². The van der Waals surface area contributed by atoms with Gasteiger partial charge in [0, 0.05) is 17.5 Å². The monoisotopic (exact) mass is 436 g/mol. The highest BCUT2D eigenvalue weighted by molar-refractivity contribution is 5.92. The fourth-order valence-electron chi connectivity index (χ4n) is 5.35. The Morgan fingerprint density at radius 3 is 2.41 bits per heavy atom. The number of nitrogens with two attached hydrogens (primary N) is 1. The Hall–Kier alpha value is -3.22. The molecule has 2 aromatic carbocycles. The molecule has 2 aromatic rings. The fourth-order valence-corrected chi connectivity index (χ4v) is 5.35. The minimum atomic E-state index is -0.494. The first-order valence-corrected chi connectivity index (χ1v) is 11.2. The number of amides is 2. The molecule has 3 aliphatic rings. The molecule has 1 atom stereocenters. The van der Waals surface area contributed by atoms with E-state index in [-0.39, 0.29) is 24.0 Å². The van der Waals surface area contributed by atoms with Crippen molar-refractivity contribution in [3.63, 3.8) is 0 Å². The van der Waals surface area contributed by atoms with E-state index < -0.39 is 5.91 Å². The highest BCUT2D eigenvalue weighted by Crippen LogP contribution is 2.51. The summed E-state index contributed by atoms with van der Waals surface area (Å²) in [5, 5.41) is 0. The first-order chi connectivity index (χ1) is 15.5. The van der Waals surface area contributed by atoms with Gasteiger partial charge in [-0.1, -0.05) is 12.8 Å². The maximum absolute atomic E-state index is 13.3. The van der Waals surface area contributed by atoms with Crippen molar-refractivity contribution in [2.24, 2.45) is 5.73 Å². The summed E-state index contributed by atoms with van der Waals surface area (Å²) in [6, 6.07) is 10.7. The van der Waals surface area contributed by atoms with Crippen LogP contribution in [0.1, 0.15) is 60.1 Å². The predicted octanol–water partition coefficient (Wildman–Crippen LogP) is 3.35. The molecule has 7 nitrogen and oxygen atoms in total. The molecule has 0 radical (unpaired) electrons. The van der Waals surface area contributed by atoms with Crippen LogP contribution in [0.5, 0.6) is 17.2 Å². The van der Waals surface area contributed by atoms with Gasteiger partial charge in [0.1, 0.15) is 19.0 Å². The van der Waals surface area contributed by atoms with Crippen LogP contribution in [0.4, 0.5) is 0 Å². The van der Waals surface area contributed by atoms with Gasteiger partial charge in [0.25, 0.3) is 5.91 Å². The summed E-state index contributed by atoms with van der Waals surface area (Å²) < 4.78 is 17.4. The summed E-state index contributed by atoms with van der Waals surface area (Å²) in [7, 11) is 0. The lowest BCUT2D eigenvalue weighted by Gasteiger charge is -2.46. The third-order valence-electron chi connectivity index (χ3n) is 7.06. The Kier molecular flexibility index (Phi) is 5.19. The highest BCUT2D eigenvalue weighted by Gasteiger charge is 2.46. The predicted molar refractivity (Wildman–Crippen MR) is 118 cm³/mol. The second-order valence-corrected chi connectivity index (χ2v) is 8.95. The molecule has 5 rings (SSSR count). The normalized spacial score (nSPS) is 20.7. The molecule has 0 bridgehead atoms. The van der Waals surface area contributed by atoms with Gasteiger partial charge in [0.05, 0.1) is 6.04 Å². The largest absolute Gasteiger partial charge is 0.486 e. The van der Waals surface area contributed by atoms with Crippen molar-refractivity contribution >= 4 is 11.8 Å². The van der Waals surface area contributed by atoms with Crippen LogP contribution in [0.15, 0.2) is 36.4 Å². The summed E-state index contributed by atoms with van der Waals surface area (Å²) in [5.74, 6) is 1.56. The Morgan fingerprint density at radius 2 is 1.75 bits per heavy atom. The van der Waals surface area contributed by atoms with Gasteiger partial charge in [-0.25, -0.2) is 0 Å². The molecule has 1 unspecified atom stereocenters. The Balaban J connectivity index is 1.39. The Bertz CT molecular complexity index is 1040. The van der Waals surface area contributed by atoms with Gasteiger partial charge in [-0.05, 0) is 67.3 Å². The quantitative estimate of drug-likeness (QED) is 0.794. The number of rotatable bonds is 4. The second kappa shape index (κ2) is 8.04. The van der Waals surface area contributed by atoms with E-state index in [2.05, 4.69) is 19.1 Å². The van der Waals surface area contributed by atoms with Crippen molar-refractivity contribution in [1.29, 1.82) is 0 Å². The van der Waals surface area contributed by atoms with E-state index >= 15 is 0 Å². The topological polar surface area (TPSA) is 91.1 Å². The molecular weight excluding hydrogens is 408 g/mol. The van der Waals surface area contributed by atoms with Crippen LogP contribution in [0, 0.1) is 0 Å². The van der Waals surface area contributed by atoms with Crippen LogP contribution < -0.4 is 19.9 Å². The number of ether oxygens (including phenoxy) is 3. The maximum atomic E-state index is 13.3.